The van der Waals surface area contributed by atoms with Gasteiger partial charge < -0.3 is 28.8 Å². The largest absolute Gasteiger partial charge is 0.467 e. The Labute approximate surface area is 121 Å². The van der Waals surface area contributed by atoms with Gasteiger partial charge in [-0.05, 0) is 0 Å². The molecule has 0 unspecified atom stereocenters. The van der Waals surface area contributed by atoms with Crippen LogP contribution in [0.5, 0.6) is 0 Å². The van der Waals surface area contributed by atoms with E-state index < -0.39 is 48.6 Å². The molecule has 0 amide bonds. The molecule has 1 rings (SSSR count). The van der Waals surface area contributed by atoms with E-state index in [1.165, 1.54) is 7.11 Å². The number of hydrogen-bond donors (Lipinski definition) is 1. The van der Waals surface area contributed by atoms with E-state index in [4.69, 9.17) is 18.9 Å². The highest BCUT2D eigenvalue weighted by molar-refractivity contribution is 5.77. The summed E-state index contributed by atoms with van der Waals surface area (Å²) in [6.07, 6.45) is -6.75. The van der Waals surface area contributed by atoms with Crippen molar-refractivity contribution in [2.45, 2.75) is 44.6 Å². The molecule has 0 radical (unpaired) electrons. The SMILES string of the molecule is COC(=O)[C@H]1O[C@@H](OC)[C@H](O)[C@@H](OC(C)=O)[C@H]1OC(C)=O. The van der Waals surface area contributed by atoms with E-state index in [-0.39, 0.29) is 0 Å². The molecule has 9 nitrogen and oxygen atoms in total. The van der Waals surface area contributed by atoms with Crippen LogP contribution in [0.25, 0.3) is 0 Å². The minimum absolute atomic E-state index is 0.725. The first-order valence-corrected chi connectivity index (χ1v) is 6.10. The van der Waals surface area contributed by atoms with Crippen LogP contribution in [0.2, 0.25) is 0 Å². The standard InChI is InChI=1S/C12H18O9/c1-5(13)19-8-7(15)12(18-4)21-10(11(16)17-3)9(8)20-6(2)14/h7-10,12,15H,1-4H3/t7-,8-,9-,10+,12-/m1/s1. The van der Waals surface area contributed by atoms with Crippen LogP contribution in [0.4, 0.5) is 0 Å². The molecule has 1 saturated heterocycles. The number of esters is 3. The lowest BCUT2D eigenvalue weighted by atomic mass is 9.98. The molecular weight excluding hydrogens is 288 g/mol. The van der Waals surface area contributed by atoms with Gasteiger partial charge in [0.05, 0.1) is 7.11 Å². The number of ether oxygens (including phenoxy) is 5. The van der Waals surface area contributed by atoms with Gasteiger partial charge in [0.25, 0.3) is 0 Å². The number of carbonyl (C=O) groups is 3. The summed E-state index contributed by atoms with van der Waals surface area (Å²) in [4.78, 5) is 34.1. The lowest BCUT2D eigenvalue weighted by molar-refractivity contribution is -0.293. The molecule has 0 spiro atoms. The summed E-state index contributed by atoms with van der Waals surface area (Å²) >= 11 is 0. The highest BCUT2D eigenvalue weighted by Gasteiger charge is 2.52. The Morgan fingerprint density at radius 3 is 1.95 bits per heavy atom. The van der Waals surface area contributed by atoms with E-state index in [1.54, 1.807) is 0 Å². The third-order valence-electron chi connectivity index (χ3n) is 2.79. The Hall–Kier alpha value is -1.71. The van der Waals surface area contributed by atoms with Gasteiger partial charge in [-0.3, -0.25) is 9.59 Å². The third kappa shape index (κ3) is 4.13. The van der Waals surface area contributed by atoms with Gasteiger partial charge in [-0.2, -0.15) is 0 Å². The van der Waals surface area contributed by atoms with Crippen molar-refractivity contribution in [3.63, 3.8) is 0 Å². The molecule has 0 saturated carbocycles. The van der Waals surface area contributed by atoms with Gasteiger partial charge in [-0.15, -0.1) is 0 Å². The molecule has 0 aromatic carbocycles. The van der Waals surface area contributed by atoms with Crippen molar-refractivity contribution in [1.29, 1.82) is 0 Å². The second kappa shape index (κ2) is 7.34. The summed E-state index contributed by atoms with van der Waals surface area (Å²) in [5.74, 6) is -2.32. The van der Waals surface area contributed by atoms with Gasteiger partial charge in [0.2, 0.25) is 0 Å². The number of rotatable bonds is 4. The van der Waals surface area contributed by atoms with Crippen molar-refractivity contribution in [2.24, 2.45) is 0 Å². The highest BCUT2D eigenvalue weighted by Crippen LogP contribution is 2.27. The van der Waals surface area contributed by atoms with Crippen LogP contribution in [0, 0.1) is 0 Å². The Bertz CT molecular complexity index is 408. The molecule has 21 heavy (non-hydrogen) atoms. The summed E-state index contributed by atoms with van der Waals surface area (Å²) < 4.78 is 24.5. The minimum atomic E-state index is -1.44. The minimum Gasteiger partial charge on any atom is -0.467 e. The quantitative estimate of drug-likeness (QED) is 0.502. The average molecular weight is 306 g/mol. The Balaban J connectivity index is 3.12. The van der Waals surface area contributed by atoms with E-state index in [9.17, 15) is 19.5 Å². The van der Waals surface area contributed by atoms with Crippen LogP contribution in [-0.4, -0.2) is 67.9 Å². The fourth-order valence-electron chi connectivity index (χ4n) is 1.97. The van der Waals surface area contributed by atoms with Gasteiger partial charge >= 0.3 is 17.9 Å². The molecule has 0 aromatic heterocycles. The van der Waals surface area contributed by atoms with Gasteiger partial charge in [0.1, 0.15) is 6.10 Å². The van der Waals surface area contributed by atoms with Crippen molar-refractivity contribution in [3.05, 3.63) is 0 Å². The van der Waals surface area contributed by atoms with Crippen LogP contribution < -0.4 is 0 Å². The topological polar surface area (TPSA) is 118 Å². The maximum absolute atomic E-state index is 11.7. The van der Waals surface area contributed by atoms with Crippen molar-refractivity contribution in [2.75, 3.05) is 14.2 Å². The molecule has 1 aliphatic rings. The van der Waals surface area contributed by atoms with Gasteiger partial charge in [0.15, 0.2) is 24.6 Å². The monoisotopic (exact) mass is 306 g/mol. The van der Waals surface area contributed by atoms with Crippen LogP contribution in [0.1, 0.15) is 13.8 Å². The van der Waals surface area contributed by atoms with Crippen molar-refractivity contribution < 1.29 is 43.2 Å². The van der Waals surface area contributed by atoms with Crippen LogP contribution in [0.15, 0.2) is 0 Å². The molecule has 1 N–H and O–H groups in total. The predicted octanol–water partition coefficient (Wildman–Crippen LogP) is -1.24. The Morgan fingerprint density at radius 1 is 1.00 bits per heavy atom. The Kier molecular flexibility index (Phi) is 6.06. The third-order valence-corrected chi connectivity index (χ3v) is 2.79. The van der Waals surface area contributed by atoms with Crippen molar-refractivity contribution in [1.82, 2.24) is 0 Å². The normalized spacial score (nSPS) is 32.1. The highest BCUT2D eigenvalue weighted by atomic mass is 16.7. The summed E-state index contributed by atoms with van der Waals surface area (Å²) in [6, 6.07) is 0. The molecular formula is C12H18O9. The van der Waals surface area contributed by atoms with Crippen LogP contribution >= 0.6 is 0 Å². The lowest BCUT2D eigenvalue weighted by Crippen LogP contribution is -2.62. The molecule has 5 atom stereocenters. The maximum atomic E-state index is 11.7. The van der Waals surface area contributed by atoms with Gasteiger partial charge in [0, 0.05) is 21.0 Å². The number of methoxy groups -OCH3 is 2. The van der Waals surface area contributed by atoms with E-state index in [0.717, 1.165) is 21.0 Å². The van der Waals surface area contributed by atoms with E-state index >= 15 is 0 Å². The lowest BCUT2D eigenvalue weighted by Gasteiger charge is -2.41. The second-order valence-corrected chi connectivity index (χ2v) is 4.32. The predicted molar refractivity (Wildman–Crippen MR) is 64.8 cm³/mol. The summed E-state index contributed by atoms with van der Waals surface area (Å²) in [5, 5.41) is 10.1. The summed E-state index contributed by atoms with van der Waals surface area (Å²) in [7, 11) is 2.35. The second-order valence-electron chi connectivity index (χ2n) is 4.32. The average Bonchev–Trinajstić information content (AvgIpc) is 2.41. The van der Waals surface area contributed by atoms with E-state index in [1.807, 2.05) is 0 Å². The molecule has 1 heterocycles. The molecule has 1 fully saturated rings. The van der Waals surface area contributed by atoms with E-state index in [2.05, 4.69) is 4.74 Å². The number of hydrogen-bond acceptors (Lipinski definition) is 9. The smallest absolute Gasteiger partial charge is 0.339 e. The van der Waals surface area contributed by atoms with Gasteiger partial charge in [-0.1, -0.05) is 0 Å². The molecule has 120 valence electrons. The molecule has 9 heteroatoms. The zero-order valence-electron chi connectivity index (χ0n) is 12.1. The van der Waals surface area contributed by atoms with Gasteiger partial charge in [-0.25, -0.2) is 4.79 Å². The number of carbonyl (C=O) groups excluding carboxylic acids is 3. The van der Waals surface area contributed by atoms with E-state index in [0.29, 0.717) is 0 Å². The first-order valence-electron chi connectivity index (χ1n) is 6.10. The van der Waals surface area contributed by atoms with Crippen LogP contribution in [0.3, 0.4) is 0 Å². The molecule has 1 aliphatic heterocycles. The zero-order chi connectivity index (χ0) is 16.2. The van der Waals surface area contributed by atoms with Crippen LogP contribution in [-0.2, 0) is 38.1 Å². The Morgan fingerprint density at radius 2 is 1.52 bits per heavy atom. The first kappa shape index (κ1) is 17.3. The molecule has 0 bridgehead atoms. The fourth-order valence-corrected chi connectivity index (χ4v) is 1.97. The molecule has 0 aromatic rings. The van der Waals surface area contributed by atoms with Crippen molar-refractivity contribution >= 4 is 17.9 Å². The number of aliphatic hydroxyl groups is 1. The summed E-state index contributed by atoms with van der Waals surface area (Å²) in [6.45, 7) is 2.22. The maximum Gasteiger partial charge on any atom is 0.339 e. The summed E-state index contributed by atoms with van der Waals surface area (Å²) in [5.41, 5.74) is 0. The zero-order valence-corrected chi connectivity index (χ0v) is 12.1. The number of aliphatic hydroxyl groups excluding tert-OH is 1. The fraction of sp³-hybridized carbons (Fsp3) is 0.750. The molecule has 0 aliphatic carbocycles. The first-order chi connectivity index (χ1) is 9.81. The van der Waals surface area contributed by atoms with Crippen molar-refractivity contribution in [3.8, 4) is 0 Å².